The Morgan fingerprint density at radius 3 is 2.65 bits per heavy atom. The van der Waals surface area contributed by atoms with Crippen molar-refractivity contribution in [3.05, 3.63) is 45.6 Å². The first kappa shape index (κ1) is 16.9. The molecule has 2 rings (SSSR count). The molecule has 0 aliphatic carbocycles. The van der Waals surface area contributed by atoms with Gasteiger partial charge < -0.3 is 20.8 Å². The zero-order valence-corrected chi connectivity index (χ0v) is 12.6. The molecule has 10 heteroatoms. The predicted molar refractivity (Wildman–Crippen MR) is 85.0 cm³/mol. The number of hydrogen-bond donors (Lipinski definition) is 4. The van der Waals surface area contributed by atoms with Gasteiger partial charge in [-0.1, -0.05) is 11.6 Å². The topological polar surface area (TPSA) is 133 Å². The van der Waals surface area contributed by atoms with Gasteiger partial charge in [0.2, 0.25) is 11.8 Å². The van der Waals surface area contributed by atoms with Crippen molar-refractivity contribution in [2.24, 2.45) is 0 Å². The highest BCUT2D eigenvalue weighted by molar-refractivity contribution is 6.30. The molecule has 0 spiro atoms. The molecule has 1 heterocycles. The summed E-state index contributed by atoms with van der Waals surface area (Å²) in [6.07, 6.45) is -0.00363. The molecule has 0 saturated heterocycles. The SMILES string of the molecule is O=[N+]([O-])c1cnc(Nc2ccc(Cl)cc2)nc1NCC(O)CO. The minimum Gasteiger partial charge on any atom is -0.394 e. The average Bonchev–Trinajstić information content (AvgIpc) is 2.54. The highest BCUT2D eigenvalue weighted by Crippen LogP contribution is 2.24. The quantitative estimate of drug-likeness (QED) is 0.441. The molecule has 9 nitrogen and oxygen atoms in total. The first-order valence-corrected chi connectivity index (χ1v) is 6.94. The first-order valence-electron chi connectivity index (χ1n) is 6.56. The predicted octanol–water partition coefficient (Wildman–Crippen LogP) is 1.55. The van der Waals surface area contributed by atoms with E-state index in [4.69, 9.17) is 16.7 Å². The summed E-state index contributed by atoms with van der Waals surface area (Å²) in [6.45, 7) is -0.559. The lowest BCUT2D eigenvalue weighted by atomic mass is 10.3. The minimum atomic E-state index is -1.06. The largest absolute Gasteiger partial charge is 0.394 e. The van der Waals surface area contributed by atoms with E-state index in [2.05, 4.69) is 20.6 Å². The van der Waals surface area contributed by atoms with E-state index in [9.17, 15) is 15.2 Å². The number of nitrogens with one attached hydrogen (secondary N) is 2. The molecule has 0 amide bonds. The maximum Gasteiger partial charge on any atom is 0.329 e. The van der Waals surface area contributed by atoms with Crippen LogP contribution in [0.25, 0.3) is 0 Å². The summed E-state index contributed by atoms with van der Waals surface area (Å²) in [5.74, 6) is 0.0767. The van der Waals surface area contributed by atoms with Crippen LogP contribution in [0.15, 0.2) is 30.5 Å². The fraction of sp³-hybridized carbons (Fsp3) is 0.231. The van der Waals surface area contributed by atoms with Crippen LogP contribution in [0.2, 0.25) is 5.02 Å². The normalized spacial score (nSPS) is 11.8. The van der Waals surface area contributed by atoms with Gasteiger partial charge in [0, 0.05) is 17.3 Å². The van der Waals surface area contributed by atoms with Gasteiger partial charge in [-0.25, -0.2) is 4.98 Å². The maximum atomic E-state index is 11.0. The molecule has 1 unspecified atom stereocenters. The van der Waals surface area contributed by atoms with Crippen LogP contribution < -0.4 is 10.6 Å². The van der Waals surface area contributed by atoms with Gasteiger partial charge in [-0.05, 0) is 24.3 Å². The lowest BCUT2D eigenvalue weighted by Gasteiger charge is -2.11. The van der Waals surface area contributed by atoms with E-state index < -0.39 is 17.6 Å². The second-order valence-corrected chi connectivity index (χ2v) is 4.97. The van der Waals surface area contributed by atoms with Gasteiger partial charge in [0.15, 0.2) is 0 Å². The molecule has 23 heavy (non-hydrogen) atoms. The monoisotopic (exact) mass is 339 g/mol. The number of rotatable bonds is 7. The van der Waals surface area contributed by atoms with Crippen LogP contribution >= 0.6 is 11.6 Å². The van der Waals surface area contributed by atoms with E-state index in [0.29, 0.717) is 10.7 Å². The lowest BCUT2D eigenvalue weighted by Crippen LogP contribution is -2.24. The van der Waals surface area contributed by atoms with Crippen LogP contribution in [0.1, 0.15) is 0 Å². The van der Waals surface area contributed by atoms with Crippen molar-refractivity contribution in [2.45, 2.75) is 6.10 Å². The number of benzene rings is 1. The zero-order valence-electron chi connectivity index (χ0n) is 11.8. The molecule has 1 aromatic carbocycles. The number of nitrogens with zero attached hydrogens (tertiary/aromatic N) is 3. The molecule has 0 bridgehead atoms. The molecule has 2 aromatic rings. The Kier molecular flexibility index (Phi) is 5.63. The van der Waals surface area contributed by atoms with E-state index in [1.807, 2.05) is 0 Å². The van der Waals surface area contributed by atoms with E-state index in [1.165, 1.54) is 0 Å². The van der Waals surface area contributed by atoms with Crippen LogP contribution in [0.3, 0.4) is 0 Å². The first-order chi connectivity index (χ1) is 11.0. The van der Waals surface area contributed by atoms with Gasteiger partial charge in [-0.15, -0.1) is 0 Å². The standard InChI is InChI=1S/C13H14ClN5O4/c14-8-1-3-9(4-2-8)17-13-16-6-11(19(22)23)12(18-13)15-5-10(21)7-20/h1-4,6,10,20-21H,5,7H2,(H2,15,16,17,18). The van der Waals surface area contributed by atoms with E-state index >= 15 is 0 Å². The summed E-state index contributed by atoms with van der Waals surface area (Å²) in [5, 5.41) is 35.2. The zero-order chi connectivity index (χ0) is 16.8. The Morgan fingerprint density at radius 2 is 2.04 bits per heavy atom. The Hall–Kier alpha value is -2.49. The smallest absolute Gasteiger partial charge is 0.329 e. The van der Waals surface area contributed by atoms with Crippen LogP contribution in [0, 0.1) is 10.1 Å². The lowest BCUT2D eigenvalue weighted by molar-refractivity contribution is -0.384. The number of anilines is 3. The number of aliphatic hydroxyl groups excluding tert-OH is 2. The Morgan fingerprint density at radius 1 is 1.35 bits per heavy atom. The third kappa shape index (κ3) is 4.74. The van der Waals surface area contributed by atoms with Crippen molar-refractivity contribution >= 4 is 34.7 Å². The maximum absolute atomic E-state index is 11.0. The van der Waals surface area contributed by atoms with Crippen molar-refractivity contribution in [3.8, 4) is 0 Å². The minimum absolute atomic E-state index is 0.0611. The van der Waals surface area contributed by atoms with Gasteiger partial charge >= 0.3 is 5.69 Å². The fourth-order valence-corrected chi connectivity index (χ4v) is 1.77. The van der Waals surface area contributed by atoms with Gasteiger partial charge in [-0.3, -0.25) is 10.1 Å². The molecule has 4 N–H and O–H groups in total. The van der Waals surface area contributed by atoms with Crippen molar-refractivity contribution in [1.29, 1.82) is 0 Å². The van der Waals surface area contributed by atoms with E-state index in [0.717, 1.165) is 6.20 Å². The number of aromatic nitrogens is 2. The Bertz CT molecular complexity index is 683. The molecular weight excluding hydrogens is 326 g/mol. The van der Waals surface area contributed by atoms with Crippen LogP contribution in [0.4, 0.5) is 23.1 Å². The molecule has 0 aliphatic rings. The fourth-order valence-electron chi connectivity index (χ4n) is 1.64. The molecule has 1 atom stereocenters. The number of aliphatic hydroxyl groups is 2. The second-order valence-electron chi connectivity index (χ2n) is 4.53. The summed E-state index contributed by atoms with van der Waals surface area (Å²) < 4.78 is 0. The molecular formula is C13H14ClN5O4. The van der Waals surface area contributed by atoms with Crippen molar-refractivity contribution in [2.75, 3.05) is 23.8 Å². The van der Waals surface area contributed by atoms with Crippen molar-refractivity contribution in [3.63, 3.8) is 0 Å². The number of halogens is 1. The summed E-state index contributed by atoms with van der Waals surface area (Å²) in [7, 11) is 0. The number of nitro groups is 1. The Labute approximate surface area is 136 Å². The molecule has 122 valence electrons. The van der Waals surface area contributed by atoms with Gasteiger partial charge in [0.25, 0.3) is 0 Å². The van der Waals surface area contributed by atoms with Gasteiger partial charge in [0.05, 0.1) is 17.6 Å². The third-order valence-electron chi connectivity index (χ3n) is 2.78. The van der Waals surface area contributed by atoms with E-state index in [1.54, 1.807) is 24.3 Å². The second kappa shape index (κ2) is 7.68. The molecule has 0 aliphatic heterocycles. The molecule has 1 aromatic heterocycles. The third-order valence-corrected chi connectivity index (χ3v) is 3.03. The van der Waals surface area contributed by atoms with Crippen LogP contribution in [0.5, 0.6) is 0 Å². The molecule has 0 saturated carbocycles. The highest BCUT2D eigenvalue weighted by Gasteiger charge is 2.18. The number of hydrogen-bond acceptors (Lipinski definition) is 8. The summed E-state index contributed by atoms with van der Waals surface area (Å²) in [6, 6.07) is 6.75. The van der Waals surface area contributed by atoms with Crippen LogP contribution in [-0.2, 0) is 0 Å². The van der Waals surface area contributed by atoms with Crippen LogP contribution in [-0.4, -0.2) is 44.4 Å². The summed E-state index contributed by atoms with van der Waals surface area (Å²) in [4.78, 5) is 18.2. The average molecular weight is 340 g/mol. The van der Waals surface area contributed by atoms with Crippen molar-refractivity contribution < 1.29 is 15.1 Å². The Balaban J connectivity index is 2.20. The van der Waals surface area contributed by atoms with Gasteiger partial charge in [0.1, 0.15) is 6.20 Å². The van der Waals surface area contributed by atoms with Crippen molar-refractivity contribution in [1.82, 2.24) is 9.97 Å². The summed E-state index contributed by atoms with van der Waals surface area (Å²) in [5.41, 5.74) is 0.321. The summed E-state index contributed by atoms with van der Waals surface area (Å²) >= 11 is 5.79. The van der Waals surface area contributed by atoms with Gasteiger partial charge in [-0.2, -0.15) is 4.98 Å². The molecule has 0 fully saturated rings. The van der Waals surface area contributed by atoms with E-state index in [-0.39, 0.29) is 24.0 Å². The highest BCUT2D eigenvalue weighted by atomic mass is 35.5. The molecule has 0 radical (unpaired) electrons.